The zero-order valence-corrected chi connectivity index (χ0v) is 7.99. The minimum absolute atomic E-state index is 0.144. The molecule has 4 heteroatoms. The molecule has 0 unspecified atom stereocenters. The fourth-order valence-electron chi connectivity index (χ4n) is 0.734. The Labute approximate surface area is 82.5 Å². The van der Waals surface area contributed by atoms with Crippen LogP contribution in [-0.4, -0.2) is 11.9 Å². The minimum Gasteiger partial charge on any atom is -0.435 e. The van der Waals surface area contributed by atoms with Gasteiger partial charge in [0.05, 0.1) is 18.9 Å². The van der Waals surface area contributed by atoms with Crippen molar-refractivity contribution in [3.8, 4) is 0 Å². The van der Waals surface area contributed by atoms with Gasteiger partial charge in [-0.05, 0) is 6.92 Å². The molecule has 0 rings (SSSR count). The van der Waals surface area contributed by atoms with E-state index in [0.29, 0.717) is 0 Å². The molecule has 0 saturated heterocycles. The molecule has 0 aliphatic heterocycles. The molecule has 0 aromatic carbocycles. The molecule has 0 radical (unpaired) electrons. The SMILES string of the molecule is C=COC(=O)CC(=CC)C(=O)OC=C. The largest absolute Gasteiger partial charge is 0.435 e. The Kier molecular flexibility index (Phi) is 5.78. The molecular weight excluding hydrogens is 184 g/mol. The van der Waals surface area contributed by atoms with E-state index in [0.717, 1.165) is 12.5 Å². The van der Waals surface area contributed by atoms with Crippen molar-refractivity contribution in [3.05, 3.63) is 37.3 Å². The van der Waals surface area contributed by atoms with Gasteiger partial charge < -0.3 is 9.47 Å². The standard InChI is InChI=1S/C10H12O4/c1-4-8(10(12)14-6-3)7-9(11)13-5-2/h4-6H,2-3,7H2,1H3. The first kappa shape index (κ1) is 12.2. The van der Waals surface area contributed by atoms with Crippen molar-refractivity contribution in [3.63, 3.8) is 0 Å². The van der Waals surface area contributed by atoms with Gasteiger partial charge in [-0.25, -0.2) is 4.79 Å². The van der Waals surface area contributed by atoms with Crippen molar-refractivity contribution in [1.29, 1.82) is 0 Å². The molecule has 0 aliphatic carbocycles. The number of rotatable bonds is 5. The summed E-state index contributed by atoms with van der Waals surface area (Å²) in [6, 6.07) is 0. The number of allylic oxidation sites excluding steroid dienone is 1. The van der Waals surface area contributed by atoms with E-state index in [9.17, 15) is 9.59 Å². The van der Waals surface area contributed by atoms with Crippen molar-refractivity contribution in [2.75, 3.05) is 0 Å². The van der Waals surface area contributed by atoms with Crippen LogP contribution in [0.15, 0.2) is 37.3 Å². The number of hydrogen-bond acceptors (Lipinski definition) is 4. The Morgan fingerprint density at radius 2 is 1.79 bits per heavy atom. The number of carbonyl (C=O) groups excluding carboxylic acids is 2. The average Bonchev–Trinajstić information content (AvgIpc) is 2.15. The first-order chi connectivity index (χ1) is 6.65. The summed E-state index contributed by atoms with van der Waals surface area (Å²) in [5.74, 6) is -1.17. The lowest BCUT2D eigenvalue weighted by Crippen LogP contribution is -2.10. The highest BCUT2D eigenvalue weighted by Gasteiger charge is 2.13. The molecule has 0 saturated carbocycles. The van der Waals surface area contributed by atoms with Crippen LogP contribution in [0.1, 0.15) is 13.3 Å². The Balaban J connectivity index is 4.30. The highest BCUT2D eigenvalue weighted by Crippen LogP contribution is 2.05. The summed E-state index contributed by atoms with van der Waals surface area (Å²) in [5.41, 5.74) is 0.219. The second kappa shape index (κ2) is 6.65. The van der Waals surface area contributed by atoms with Crippen LogP contribution < -0.4 is 0 Å². The zero-order chi connectivity index (χ0) is 11.0. The van der Waals surface area contributed by atoms with Crippen LogP contribution in [0.5, 0.6) is 0 Å². The number of esters is 2. The van der Waals surface area contributed by atoms with E-state index in [2.05, 4.69) is 22.6 Å². The predicted octanol–water partition coefficient (Wildman–Crippen LogP) is 1.70. The van der Waals surface area contributed by atoms with Gasteiger partial charge in [-0.2, -0.15) is 0 Å². The van der Waals surface area contributed by atoms with Gasteiger partial charge in [-0.15, -0.1) is 0 Å². The molecule has 0 aromatic rings. The minimum atomic E-state index is -0.608. The van der Waals surface area contributed by atoms with Crippen LogP contribution >= 0.6 is 0 Å². The van der Waals surface area contributed by atoms with E-state index in [1.54, 1.807) is 6.92 Å². The highest BCUT2D eigenvalue weighted by molar-refractivity contribution is 5.94. The summed E-state index contributed by atoms with van der Waals surface area (Å²) in [4.78, 5) is 22.1. The van der Waals surface area contributed by atoms with Crippen LogP contribution in [0.25, 0.3) is 0 Å². The van der Waals surface area contributed by atoms with E-state index < -0.39 is 11.9 Å². The predicted molar refractivity (Wildman–Crippen MR) is 51.0 cm³/mol. The van der Waals surface area contributed by atoms with E-state index in [1.165, 1.54) is 6.08 Å². The molecular formula is C10H12O4. The van der Waals surface area contributed by atoms with Crippen molar-refractivity contribution in [1.82, 2.24) is 0 Å². The quantitative estimate of drug-likeness (QED) is 0.381. The van der Waals surface area contributed by atoms with Crippen LogP contribution in [0, 0.1) is 0 Å². The van der Waals surface area contributed by atoms with Crippen molar-refractivity contribution < 1.29 is 19.1 Å². The van der Waals surface area contributed by atoms with Crippen molar-refractivity contribution in [2.45, 2.75) is 13.3 Å². The number of ether oxygens (including phenoxy) is 2. The Morgan fingerprint density at radius 3 is 2.21 bits per heavy atom. The zero-order valence-electron chi connectivity index (χ0n) is 7.99. The van der Waals surface area contributed by atoms with Gasteiger partial charge in [0.25, 0.3) is 0 Å². The average molecular weight is 196 g/mol. The fraction of sp³-hybridized carbons (Fsp3) is 0.200. The van der Waals surface area contributed by atoms with Gasteiger partial charge in [0.1, 0.15) is 0 Å². The summed E-state index contributed by atoms with van der Waals surface area (Å²) >= 11 is 0. The van der Waals surface area contributed by atoms with Gasteiger partial charge in [-0.3, -0.25) is 4.79 Å². The van der Waals surface area contributed by atoms with Gasteiger partial charge in [0.2, 0.25) is 0 Å². The molecule has 0 aromatic heterocycles. The topological polar surface area (TPSA) is 52.6 Å². The summed E-state index contributed by atoms with van der Waals surface area (Å²) in [6.45, 7) is 8.08. The molecule has 0 N–H and O–H groups in total. The van der Waals surface area contributed by atoms with E-state index in [-0.39, 0.29) is 12.0 Å². The van der Waals surface area contributed by atoms with Gasteiger partial charge in [0, 0.05) is 5.57 Å². The summed E-state index contributed by atoms with van der Waals surface area (Å²) in [5, 5.41) is 0. The number of hydrogen-bond donors (Lipinski definition) is 0. The summed E-state index contributed by atoms with van der Waals surface area (Å²) < 4.78 is 8.95. The maximum Gasteiger partial charge on any atom is 0.339 e. The second-order valence-corrected chi connectivity index (χ2v) is 2.22. The third kappa shape index (κ3) is 4.25. The fourth-order valence-corrected chi connectivity index (χ4v) is 0.734. The lowest BCUT2D eigenvalue weighted by Gasteiger charge is -2.02. The maximum atomic E-state index is 11.1. The molecule has 0 heterocycles. The van der Waals surface area contributed by atoms with Crippen molar-refractivity contribution >= 4 is 11.9 Å². The Hall–Kier alpha value is -1.84. The molecule has 0 atom stereocenters. The second-order valence-electron chi connectivity index (χ2n) is 2.22. The van der Waals surface area contributed by atoms with Gasteiger partial charge in [0.15, 0.2) is 0 Å². The highest BCUT2D eigenvalue weighted by atomic mass is 16.5. The molecule has 14 heavy (non-hydrogen) atoms. The van der Waals surface area contributed by atoms with Crippen LogP contribution in [-0.2, 0) is 19.1 Å². The Morgan fingerprint density at radius 1 is 1.21 bits per heavy atom. The monoisotopic (exact) mass is 196 g/mol. The molecule has 0 aliphatic rings. The summed E-state index contributed by atoms with van der Waals surface area (Å²) in [6.07, 6.45) is 3.35. The molecule has 76 valence electrons. The van der Waals surface area contributed by atoms with E-state index in [1.807, 2.05) is 0 Å². The molecule has 0 amide bonds. The van der Waals surface area contributed by atoms with E-state index >= 15 is 0 Å². The van der Waals surface area contributed by atoms with Crippen LogP contribution in [0.2, 0.25) is 0 Å². The van der Waals surface area contributed by atoms with E-state index in [4.69, 9.17) is 0 Å². The lowest BCUT2D eigenvalue weighted by atomic mass is 10.2. The summed E-state index contributed by atoms with van der Waals surface area (Å²) in [7, 11) is 0. The smallest absolute Gasteiger partial charge is 0.339 e. The van der Waals surface area contributed by atoms with Crippen LogP contribution in [0.4, 0.5) is 0 Å². The van der Waals surface area contributed by atoms with Crippen LogP contribution in [0.3, 0.4) is 0 Å². The molecule has 0 fully saturated rings. The first-order valence-electron chi connectivity index (χ1n) is 3.93. The van der Waals surface area contributed by atoms with Gasteiger partial charge in [-0.1, -0.05) is 19.2 Å². The first-order valence-corrected chi connectivity index (χ1v) is 3.93. The normalized spacial score (nSPS) is 10.2. The Bertz CT molecular complexity index is 276. The van der Waals surface area contributed by atoms with Crippen molar-refractivity contribution in [2.24, 2.45) is 0 Å². The molecule has 0 bridgehead atoms. The molecule has 4 nitrogen and oxygen atoms in total. The van der Waals surface area contributed by atoms with Gasteiger partial charge >= 0.3 is 11.9 Å². The third-order valence-electron chi connectivity index (χ3n) is 1.35. The lowest BCUT2D eigenvalue weighted by molar-refractivity contribution is -0.140. The maximum absolute atomic E-state index is 11.1. The number of carbonyl (C=O) groups is 2. The third-order valence-corrected chi connectivity index (χ3v) is 1.35. The molecule has 0 spiro atoms.